The Kier molecular flexibility index (Phi) is 6.43. The molecule has 1 spiro atoms. The van der Waals surface area contributed by atoms with Gasteiger partial charge >= 0.3 is 0 Å². The lowest BCUT2D eigenvalue weighted by atomic mass is 9.63. The summed E-state index contributed by atoms with van der Waals surface area (Å²) in [5.41, 5.74) is 4.50. The molecule has 7 rings (SSSR count). The topological polar surface area (TPSA) is 84.9 Å². The predicted molar refractivity (Wildman–Crippen MR) is 170 cm³/mol. The first-order valence-corrected chi connectivity index (χ1v) is 14.7. The van der Waals surface area contributed by atoms with Crippen molar-refractivity contribution in [1.82, 2.24) is 0 Å². The van der Waals surface area contributed by atoms with Gasteiger partial charge in [0.25, 0.3) is 0 Å². The summed E-state index contributed by atoms with van der Waals surface area (Å²) in [6.45, 7) is 4.05. The van der Waals surface area contributed by atoms with Crippen LogP contribution in [0.3, 0.4) is 0 Å². The fourth-order valence-electron chi connectivity index (χ4n) is 7.49. The van der Waals surface area contributed by atoms with E-state index in [4.69, 9.17) is 9.47 Å². The van der Waals surface area contributed by atoms with E-state index in [1.165, 1.54) is 14.2 Å². The molecule has 1 fully saturated rings. The van der Waals surface area contributed by atoms with Gasteiger partial charge in [-0.15, -0.1) is 0 Å². The minimum Gasteiger partial charge on any atom is -0.497 e. The number of benzene rings is 4. The number of carbonyl (C=O) groups is 3. The monoisotopic (exact) mass is 584 g/mol. The first-order chi connectivity index (χ1) is 21.3. The van der Waals surface area contributed by atoms with Gasteiger partial charge in [-0.25, -0.2) is 0 Å². The zero-order chi connectivity index (χ0) is 30.7. The second-order valence-electron chi connectivity index (χ2n) is 11.7. The Bertz CT molecular complexity index is 1880. The fourth-order valence-corrected chi connectivity index (χ4v) is 7.49. The van der Waals surface area contributed by atoms with E-state index in [0.717, 1.165) is 22.4 Å². The van der Waals surface area contributed by atoms with Crippen LogP contribution in [-0.2, 0) is 10.2 Å². The Morgan fingerprint density at radius 2 is 1.59 bits per heavy atom. The van der Waals surface area contributed by atoms with Crippen molar-refractivity contribution in [2.75, 3.05) is 24.4 Å². The highest BCUT2D eigenvalue weighted by molar-refractivity contribution is 6.19. The van der Waals surface area contributed by atoms with Gasteiger partial charge in [0.15, 0.2) is 11.6 Å². The number of anilines is 2. The Morgan fingerprint density at radius 1 is 0.841 bits per heavy atom. The van der Waals surface area contributed by atoms with Crippen molar-refractivity contribution in [2.24, 2.45) is 5.92 Å². The van der Waals surface area contributed by atoms with Crippen LogP contribution in [0.1, 0.15) is 44.3 Å². The van der Waals surface area contributed by atoms with E-state index in [-0.39, 0.29) is 23.0 Å². The molecule has 0 unspecified atom stereocenters. The molecule has 3 aliphatic rings. The van der Waals surface area contributed by atoms with Gasteiger partial charge in [0, 0.05) is 22.5 Å². The van der Waals surface area contributed by atoms with Gasteiger partial charge < -0.3 is 19.7 Å². The summed E-state index contributed by atoms with van der Waals surface area (Å²) < 4.78 is 11.2. The van der Waals surface area contributed by atoms with Crippen LogP contribution < -0.4 is 19.7 Å². The lowest BCUT2D eigenvalue weighted by molar-refractivity contribution is -0.121. The van der Waals surface area contributed by atoms with Crippen molar-refractivity contribution >= 4 is 34.4 Å². The van der Waals surface area contributed by atoms with E-state index in [2.05, 4.69) is 17.5 Å². The van der Waals surface area contributed by atoms with Crippen LogP contribution in [0.2, 0.25) is 0 Å². The average molecular weight is 585 g/mol. The molecule has 1 amide bonds. The number of hydrogen-bond donors (Lipinski definition) is 1. The lowest BCUT2D eigenvalue weighted by Crippen LogP contribution is -2.51. The number of fused-ring (bicyclic) bond motifs is 6. The molecule has 7 heteroatoms. The van der Waals surface area contributed by atoms with E-state index in [1.807, 2.05) is 73.3 Å². The number of ketones is 2. The molecule has 1 N–H and O–H groups in total. The van der Waals surface area contributed by atoms with E-state index in [9.17, 15) is 9.59 Å². The first kappa shape index (κ1) is 27.7. The largest absolute Gasteiger partial charge is 0.497 e. The van der Waals surface area contributed by atoms with Gasteiger partial charge in [-0.2, -0.15) is 0 Å². The van der Waals surface area contributed by atoms with E-state index >= 15 is 4.79 Å². The van der Waals surface area contributed by atoms with Crippen molar-refractivity contribution in [3.05, 3.63) is 125 Å². The van der Waals surface area contributed by atoms with Crippen molar-refractivity contribution in [3.63, 3.8) is 0 Å². The lowest BCUT2D eigenvalue weighted by Gasteiger charge is -2.39. The average Bonchev–Trinajstić information content (AvgIpc) is 3.52. The molecule has 4 aromatic carbocycles. The molecule has 3 aliphatic heterocycles. The first-order valence-electron chi connectivity index (χ1n) is 14.7. The molecule has 44 heavy (non-hydrogen) atoms. The zero-order valence-electron chi connectivity index (χ0n) is 25.0. The number of Topliss-reactive ketones (excluding diaryl/α,β-unsaturated/α-hetero) is 2. The van der Waals surface area contributed by atoms with E-state index in [1.54, 1.807) is 30.3 Å². The van der Waals surface area contributed by atoms with Gasteiger partial charge in [-0.1, -0.05) is 66.2 Å². The molecule has 0 bridgehead atoms. The number of allylic oxidation sites excluding steroid dienone is 1. The van der Waals surface area contributed by atoms with Crippen LogP contribution in [0.15, 0.2) is 97.1 Å². The summed E-state index contributed by atoms with van der Waals surface area (Å²) in [5, 5.41) is 3.08. The molecule has 220 valence electrons. The van der Waals surface area contributed by atoms with Crippen molar-refractivity contribution in [1.29, 1.82) is 0 Å². The number of methoxy groups -OCH3 is 2. The molecule has 0 aliphatic carbocycles. The number of aryl methyl sites for hydroxylation is 1. The van der Waals surface area contributed by atoms with Gasteiger partial charge in [-0.05, 0) is 61.4 Å². The maximum Gasteiger partial charge on any atom is 0.238 e. The molecule has 0 radical (unpaired) electrons. The Morgan fingerprint density at radius 3 is 2.34 bits per heavy atom. The highest BCUT2D eigenvalue weighted by atomic mass is 16.5. The van der Waals surface area contributed by atoms with Crippen molar-refractivity contribution < 1.29 is 23.9 Å². The maximum absolute atomic E-state index is 15.2. The second-order valence-corrected chi connectivity index (χ2v) is 11.7. The molecule has 3 heterocycles. The summed E-state index contributed by atoms with van der Waals surface area (Å²) in [4.78, 5) is 46.7. The Labute approximate surface area is 256 Å². The highest BCUT2D eigenvalue weighted by Gasteiger charge is 2.70. The highest BCUT2D eigenvalue weighted by Crippen LogP contribution is 2.59. The summed E-state index contributed by atoms with van der Waals surface area (Å²) >= 11 is 0. The van der Waals surface area contributed by atoms with Crippen LogP contribution in [0.5, 0.6) is 11.5 Å². The molecule has 1 saturated heterocycles. The van der Waals surface area contributed by atoms with Crippen LogP contribution in [0, 0.1) is 12.8 Å². The quantitative estimate of drug-likeness (QED) is 0.270. The number of para-hydroxylation sites is 1. The summed E-state index contributed by atoms with van der Waals surface area (Å²) in [6.07, 6.45) is 2.06. The van der Waals surface area contributed by atoms with Crippen LogP contribution in [-0.4, -0.2) is 43.8 Å². The smallest absolute Gasteiger partial charge is 0.238 e. The third-order valence-corrected chi connectivity index (χ3v) is 9.41. The molecular formula is C37H32N2O5. The van der Waals surface area contributed by atoms with E-state index < -0.39 is 23.4 Å². The maximum atomic E-state index is 15.2. The van der Waals surface area contributed by atoms with Crippen LogP contribution in [0.4, 0.5) is 11.4 Å². The van der Waals surface area contributed by atoms with Gasteiger partial charge in [0.05, 0.1) is 31.7 Å². The van der Waals surface area contributed by atoms with Gasteiger partial charge in [0.1, 0.15) is 23.0 Å². The number of nitrogens with zero attached hydrogens (tertiary/aromatic N) is 1. The third kappa shape index (κ3) is 3.78. The standard InChI is InChI=1S/C37H32N2O5/c1-21-14-16-29-25(18-21)22(2)19-31-37(27-12-8-9-13-28(27)38-36(37)42)32(33(39(29)31)34(40)23-10-6-5-7-11-23)35(41)26-20-24(43-3)15-17-30(26)44-4/h5-20,31-33H,1-4H3,(H,38,42)/t31-,32-,33+,37-/m0/s1. The molecular weight excluding hydrogens is 552 g/mol. The Balaban J connectivity index is 1.57. The van der Waals surface area contributed by atoms with Crippen LogP contribution >= 0.6 is 0 Å². The number of rotatable bonds is 6. The summed E-state index contributed by atoms with van der Waals surface area (Å²) in [6, 6.07) is 26.0. The molecule has 0 saturated carbocycles. The number of amides is 1. The fraction of sp³-hybridized carbons (Fsp3) is 0.216. The second kappa shape index (κ2) is 10.2. The minimum atomic E-state index is -1.42. The summed E-state index contributed by atoms with van der Waals surface area (Å²) in [7, 11) is 3.03. The van der Waals surface area contributed by atoms with Gasteiger partial charge in [0.2, 0.25) is 5.91 Å². The number of hydrogen-bond acceptors (Lipinski definition) is 6. The van der Waals surface area contributed by atoms with Crippen molar-refractivity contribution in [2.45, 2.75) is 31.3 Å². The minimum absolute atomic E-state index is 0.232. The van der Waals surface area contributed by atoms with E-state index in [0.29, 0.717) is 28.3 Å². The third-order valence-electron chi connectivity index (χ3n) is 9.41. The normalized spacial score (nSPS) is 22.9. The SMILES string of the molecule is COc1ccc(OC)c(C(=O)[C@@H]2[C@H](C(=O)c3ccccc3)N3c4ccc(C)cc4C(C)=C[C@H]3[C@]23C(=O)Nc2ccccc23)c1. The molecule has 4 aromatic rings. The molecule has 0 aromatic heterocycles. The van der Waals surface area contributed by atoms with Crippen LogP contribution in [0.25, 0.3) is 5.57 Å². The molecule has 7 nitrogen and oxygen atoms in total. The predicted octanol–water partition coefficient (Wildman–Crippen LogP) is 6.26. The number of carbonyl (C=O) groups excluding carboxylic acids is 3. The van der Waals surface area contributed by atoms with Crippen molar-refractivity contribution in [3.8, 4) is 11.5 Å². The molecule has 4 atom stereocenters. The number of nitrogens with one attached hydrogen (secondary N) is 1. The Hall–Kier alpha value is -5.17. The van der Waals surface area contributed by atoms with Gasteiger partial charge in [-0.3, -0.25) is 14.4 Å². The zero-order valence-corrected chi connectivity index (χ0v) is 25.0. The summed E-state index contributed by atoms with van der Waals surface area (Å²) in [5.74, 6) is -1.20. The number of ether oxygens (including phenoxy) is 2.